The van der Waals surface area contributed by atoms with Gasteiger partial charge in [-0.05, 0) is 42.9 Å². The fourth-order valence-corrected chi connectivity index (χ4v) is 5.43. The Bertz CT molecular complexity index is 725. The van der Waals surface area contributed by atoms with Gasteiger partial charge < -0.3 is 10.0 Å². The number of hydrogen-bond donors (Lipinski definition) is 1. The van der Waals surface area contributed by atoms with Crippen LogP contribution in [0.4, 0.5) is 0 Å². The van der Waals surface area contributed by atoms with E-state index in [0.717, 1.165) is 19.3 Å². The largest absolute Gasteiger partial charge is 0.395 e. The first-order valence-corrected chi connectivity index (χ1v) is 11.2. The van der Waals surface area contributed by atoms with E-state index in [1.165, 1.54) is 10.4 Å². The van der Waals surface area contributed by atoms with Crippen molar-refractivity contribution in [3.63, 3.8) is 0 Å². The van der Waals surface area contributed by atoms with Gasteiger partial charge in [0.05, 0.1) is 11.5 Å². The van der Waals surface area contributed by atoms with Crippen LogP contribution in [0.5, 0.6) is 0 Å². The maximum Gasteiger partial charge on any atom is 0.253 e. The molecular formula is C20H32N2O4S. The van der Waals surface area contributed by atoms with Crippen LogP contribution in [0.2, 0.25) is 0 Å². The molecule has 2 rings (SSSR count). The summed E-state index contributed by atoms with van der Waals surface area (Å²) in [6.45, 7) is 7.88. The van der Waals surface area contributed by atoms with Crippen molar-refractivity contribution in [2.75, 3.05) is 32.8 Å². The SMILES string of the molecule is CCCCN(CCO)C(=O)c1cccc(S(=O)(=O)N2CC(C)CC(C)C2)c1. The van der Waals surface area contributed by atoms with Gasteiger partial charge in [0, 0.05) is 31.7 Å². The second-order valence-electron chi connectivity index (χ2n) is 7.67. The number of hydrogen-bond acceptors (Lipinski definition) is 4. The molecule has 1 aromatic carbocycles. The van der Waals surface area contributed by atoms with Gasteiger partial charge >= 0.3 is 0 Å². The van der Waals surface area contributed by atoms with Gasteiger partial charge in [-0.1, -0.05) is 33.3 Å². The van der Waals surface area contributed by atoms with Gasteiger partial charge in [0.1, 0.15) is 0 Å². The summed E-state index contributed by atoms with van der Waals surface area (Å²) in [7, 11) is -3.63. The Morgan fingerprint density at radius 3 is 2.48 bits per heavy atom. The molecule has 0 spiro atoms. The molecule has 0 saturated carbocycles. The molecule has 1 aromatic rings. The lowest BCUT2D eigenvalue weighted by molar-refractivity contribution is 0.0719. The Morgan fingerprint density at radius 1 is 1.22 bits per heavy atom. The summed E-state index contributed by atoms with van der Waals surface area (Å²) in [4.78, 5) is 14.6. The van der Waals surface area contributed by atoms with Gasteiger partial charge in [-0.3, -0.25) is 4.79 Å². The molecule has 1 N–H and O–H groups in total. The summed E-state index contributed by atoms with van der Waals surface area (Å²) in [5.41, 5.74) is 0.346. The summed E-state index contributed by atoms with van der Waals surface area (Å²) in [5.74, 6) is 0.403. The number of aliphatic hydroxyl groups excluding tert-OH is 1. The number of sulfonamides is 1. The van der Waals surface area contributed by atoms with Crippen LogP contribution in [0, 0.1) is 11.8 Å². The van der Waals surface area contributed by atoms with E-state index in [1.807, 2.05) is 6.92 Å². The summed E-state index contributed by atoms with van der Waals surface area (Å²) < 4.78 is 27.7. The third-order valence-electron chi connectivity index (χ3n) is 4.99. The lowest BCUT2D eigenvalue weighted by Crippen LogP contribution is -2.42. The van der Waals surface area contributed by atoms with Crippen LogP contribution in [0.15, 0.2) is 29.2 Å². The average Bonchev–Trinajstić information content (AvgIpc) is 2.64. The zero-order valence-electron chi connectivity index (χ0n) is 16.6. The first kappa shape index (κ1) is 21.9. The standard InChI is InChI=1S/C20H32N2O4S/c1-4-5-9-21(10-11-23)20(24)18-7-6-8-19(13-18)27(25,26)22-14-16(2)12-17(3)15-22/h6-8,13,16-17,23H,4-5,9-12,14-15H2,1-3H3. The topological polar surface area (TPSA) is 77.9 Å². The molecule has 2 unspecified atom stereocenters. The van der Waals surface area contributed by atoms with E-state index in [-0.39, 0.29) is 24.0 Å². The number of amides is 1. The molecule has 0 bridgehead atoms. The summed E-state index contributed by atoms with van der Waals surface area (Å²) in [5, 5.41) is 9.24. The second-order valence-corrected chi connectivity index (χ2v) is 9.60. The van der Waals surface area contributed by atoms with Gasteiger partial charge in [0.2, 0.25) is 10.0 Å². The third kappa shape index (κ3) is 5.53. The van der Waals surface area contributed by atoms with Gasteiger partial charge in [0.15, 0.2) is 0 Å². The molecule has 6 nitrogen and oxygen atoms in total. The fraction of sp³-hybridized carbons (Fsp3) is 0.650. The highest BCUT2D eigenvalue weighted by Crippen LogP contribution is 2.27. The van der Waals surface area contributed by atoms with Crippen LogP contribution in [0.1, 0.15) is 50.4 Å². The van der Waals surface area contributed by atoms with Crippen LogP contribution < -0.4 is 0 Å². The second kappa shape index (κ2) is 9.66. The first-order chi connectivity index (χ1) is 12.8. The minimum atomic E-state index is -3.63. The van der Waals surface area contributed by atoms with Crippen molar-refractivity contribution in [2.24, 2.45) is 11.8 Å². The highest BCUT2D eigenvalue weighted by Gasteiger charge is 2.32. The van der Waals surface area contributed by atoms with Gasteiger partial charge in [-0.2, -0.15) is 4.31 Å². The number of unbranched alkanes of at least 4 members (excludes halogenated alkanes) is 1. The normalized spacial score (nSPS) is 21.2. The van der Waals surface area contributed by atoms with E-state index in [4.69, 9.17) is 0 Å². The molecule has 152 valence electrons. The molecule has 1 aliphatic rings. The van der Waals surface area contributed by atoms with Crippen LogP contribution in [0.3, 0.4) is 0 Å². The lowest BCUT2D eigenvalue weighted by atomic mass is 9.94. The molecule has 1 saturated heterocycles. The van der Waals surface area contributed by atoms with E-state index < -0.39 is 10.0 Å². The molecule has 1 heterocycles. The van der Waals surface area contributed by atoms with Crippen LogP contribution in [-0.4, -0.2) is 61.4 Å². The maximum atomic E-state index is 13.1. The minimum absolute atomic E-state index is 0.114. The quantitative estimate of drug-likeness (QED) is 0.733. The summed E-state index contributed by atoms with van der Waals surface area (Å²) >= 11 is 0. The van der Waals surface area contributed by atoms with E-state index in [1.54, 1.807) is 23.1 Å². The number of carbonyl (C=O) groups is 1. The molecule has 1 aliphatic heterocycles. The van der Waals surface area contributed by atoms with Gasteiger partial charge in [-0.25, -0.2) is 8.42 Å². The predicted octanol–water partition coefficient (Wildman–Crippen LogP) is 2.59. The molecule has 27 heavy (non-hydrogen) atoms. The number of aliphatic hydroxyl groups is 1. The fourth-order valence-electron chi connectivity index (χ4n) is 3.71. The third-order valence-corrected chi connectivity index (χ3v) is 6.82. The van der Waals surface area contributed by atoms with E-state index in [2.05, 4.69) is 13.8 Å². The molecule has 1 fully saturated rings. The van der Waals surface area contributed by atoms with E-state index in [9.17, 15) is 18.3 Å². The number of nitrogens with zero attached hydrogens (tertiary/aromatic N) is 2. The molecule has 1 amide bonds. The van der Waals surface area contributed by atoms with Gasteiger partial charge in [-0.15, -0.1) is 0 Å². The molecule has 2 atom stereocenters. The minimum Gasteiger partial charge on any atom is -0.395 e. The number of piperidine rings is 1. The smallest absolute Gasteiger partial charge is 0.253 e. The van der Waals surface area contributed by atoms with Crippen LogP contribution in [-0.2, 0) is 10.0 Å². The monoisotopic (exact) mass is 396 g/mol. The van der Waals surface area contributed by atoms with Crippen molar-refractivity contribution in [3.8, 4) is 0 Å². The van der Waals surface area contributed by atoms with Crippen LogP contribution in [0.25, 0.3) is 0 Å². The predicted molar refractivity (Wildman–Crippen MR) is 106 cm³/mol. The van der Waals surface area contributed by atoms with Crippen molar-refractivity contribution in [2.45, 2.75) is 44.9 Å². The van der Waals surface area contributed by atoms with Crippen molar-refractivity contribution < 1.29 is 18.3 Å². The zero-order valence-corrected chi connectivity index (χ0v) is 17.4. The summed E-state index contributed by atoms with van der Waals surface area (Å²) in [6, 6.07) is 6.28. The van der Waals surface area contributed by atoms with Crippen molar-refractivity contribution in [1.82, 2.24) is 9.21 Å². The lowest BCUT2D eigenvalue weighted by Gasteiger charge is -2.34. The highest BCUT2D eigenvalue weighted by molar-refractivity contribution is 7.89. The zero-order chi connectivity index (χ0) is 20.0. The maximum absolute atomic E-state index is 13.1. The summed E-state index contributed by atoms with van der Waals surface area (Å²) in [6.07, 6.45) is 2.81. The van der Waals surface area contributed by atoms with Crippen molar-refractivity contribution in [3.05, 3.63) is 29.8 Å². The van der Waals surface area contributed by atoms with Gasteiger partial charge in [0.25, 0.3) is 5.91 Å². The Labute approximate surface area is 163 Å². The number of rotatable bonds is 8. The Hall–Kier alpha value is -1.44. The van der Waals surface area contributed by atoms with Crippen molar-refractivity contribution >= 4 is 15.9 Å². The molecule has 0 aromatic heterocycles. The van der Waals surface area contributed by atoms with Crippen molar-refractivity contribution in [1.29, 1.82) is 0 Å². The molecular weight excluding hydrogens is 364 g/mol. The Balaban J connectivity index is 2.26. The Morgan fingerprint density at radius 2 is 1.89 bits per heavy atom. The molecule has 0 radical (unpaired) electrons. The average molecular weight is 397 g/mol. The number of carbonyl (C=O) groups excluding carboxylic acids is 1. The highest BCUT2D eigenvalue weighted by atomic mass is 32.2. The number of benzene rings is 1. The van der Waals surface area contributed by atoms with E-state index in [0.29, 0.717) is 37.0 Å². The Kier molecular flexibility index (Phi) is 7.82. The molecule has 7 heteroatoms. The van der Waals surface area contributed by atoms with E-state index >= 15 is 0 Å². The first-order valence-electron chi connectivity index (χ1n) is 9.80. The van der Waals surface area contributed by atoms with Crippen LogP contribution >= 0.6 is 0 Å². The molecule has 0 aliphatic carbocycles.